The van der Waals surface area contributed by atoms with Gasteiger partial charge in [0.15, 0.2) is 0 Å². The summed E-state index contributed by atoms with van der Waals surface area (Å²) < 4.78 is 10.4. The molecule has 1 saturated heterocycles. The van der Waals surface area contributed by atoms with Crippen molar-refractivity contribution in [1.29, 1.82) is 0 Å². The zero-order chi connectivity index (χ0) is 17.8. The molecule has 3 rings (SSSR count). The summed E-state index contributed by atoms with van der Waals surface area (Å²) in [6, 6.07) is 7.28. The second-order valence-electron chi connectivity index (χ2n) is 6.97. The first-order chi connectivity index (χ1) is 12.1. The molecule has 1 aliphatic carbocycles. The monoisotopic (exact) mass is 346 g/mol. The van der Waals surface area contributed by atoms with E-state index in [1.54, 1.807) is 38.5 Å². The maximum atomic E-state index is 12.4. The van der Waals surface area contributed by atoms with Crippen molar-refractivity contribution >= 4 is 11.8 Å². The van der Waals surface area contributed by atoms with Crippen LogP contribution in [0.1, 0.15) is 36.0 Å². The van der Waals surface area contributed by atoms with Gasteiger partial charge in [0, 0.05) is 37.8 Å². The highest BCUT2D eigenvalue weighted by atomic mass is 16.5. The van der Waals surface area contributed by atoms with Crippen molar-refractivity contribution in [2.24, 2.45) is 11.8 Å². The predicted molar refractivity (Wildman–Crippen MR) is 93.5 cm³/mol. The Morgan fingerprint density at radius 1 is 1.24 bits per heavy atom. The van der Waals surface area contributed by atoms with Gasteiger partial charge in [0.2, 0.25) is 5.91 Å². The molecule has 1 aromatic rings. The van der Waals surface area contributed by atoms with Crippen molar-refractivity contribution in [1.82, 2.24) is 10.6 Å². The molecule has 0 radical (unpaired) electrons. The molecule has 1 aromatic carbocycles. The van der Waals surface area contributed by atoms with Gasteiger partial charge in [0.25, 0.3) is 5.91 Å². The highest BCUT2D eigenvalue weighted by Crippen LogP contribution is 2.35. The second-order valence-corrected chi connectivity index (χ2v) is 6.97. The number of fused-ring (bicyclic) bond motifs is 1. The largest absolute Gasteiger partial charge is 0.497 e. The fraction of sp³-hybridized carbons (Fsp3) is 0.579. The number of benzene rings is 1. The standard InChI is InChI=1S/C19H26N2O4/c1-24-11-13-9-18(22)21-17-10-14(5-8-16(13)17)20-19(23)12-3-6-15(25-2)7-4-12/h3-4,6-7,13-14,16-17H,5,8-11H2,1-2H3,(H,20,23)(H,21,22). The van der Waals surface area contributed by atoms with Crippen LogP contribution in [-0.4, -0.2) is 44.7 Å². The molecule has 0 aromatic heterocycles. The van der Waals surface area contributed by atoms with Crippen LogP contribution < -0.4 is 15.4 Å². The molecule has 4 atom stereocenters. The minimum Gasteiger partial charge on any atom is -0.497 e. The Morgan fingerprint density at radius 3 is 2.68 bits per heavy atom. The molecule has 1 saturated carbocycles. The summed E-state index contributed by atoms with van der Waals surface area (Å²) in [6.45, 7) is 0.622. The molecule has 0 spiro atoms. The number of piperidine rings is 1. The molecule has 0 bridgehead atoms. The van der Waals surface area contributed by atoms with E-state index in [0.717, 1.165) is 25.0 Å². The van der Waals surface area contributed by atoms with E-state index in [0.29, 0.717) is 24.5 Å². The fourth-order valence-electron chi connectivity index (χ4n) is 4.12. The number of carbonyl (C=O) groups excluding carboxylic acids is 2. The molecule has 6 heteroatoms. The van der Waals surface area contributed by atoms with Gasteiger partial charge in [-0.1, -0.05) is 0 Å². The van der Waals surface area contributed by atoms with Gasteiger partial charge in [-0.05, 0) is 55.4 Å². The maximum Gasteiger partial charge on any atom is 0.251 e. The molecule has 25 heavy (non-hydrogen) atoms. The summed E-state index contributed by atoms with van der Waals surface area (Å²) in [5.41, 5.74) is 0.618. The van der Waals surface area contributed by atoms with E-state index in [1.165, 1.54) is 0 Å². The van der Waals surface area contributed by atoms with Crippen molar-refractivity contribution in [3.8, 4) is 5.75 Å². The molecular weight excluding hydrogens is 320 g/mol. The Bertz CT molecular complexity index is 616. The first-order valence-electron chi connectivity index (χ1n) is 8.84. The summed E-state index contributed by atoms with van der Waals surface area (Å²) >= 11 is 0. The number of carbonyl (C=O) groups is 2. The number of nitrogens with one attached hydrogen (secondary N) is 2. The second kappa shape index (κ2) is 7.87. The normalized spacial score (nSPS) is 28.6. The zero-order valence-electron chi connectivity index (χ0n) is 14.8. The van der Waals surface area contributed by atoms with Crippen LogP contribution in [0.2, 0.25) is 0 Å². The van der Waals surface area contributed by atoms with Gasteiger partial charge in [-0.15, -0.1) is 0 Å². The fourth-order valence-corrected chi connectivity index (χ4v) is 4.12. The van der Waals surface area contributed by atoms with E-state index in [2.05, 4.69) is 10.6 Å². The van der Waals surface area contributed by atoms with E-state index in [-0.39, 0.29) is 29.8 Å². The number of ether oxygens (including phenoxy) is 2. The highest BCUT2D eigenvalue weighted by molar-refractivity contribution is 5.94. The molecule has 1 heterocycles. The van der Waals surface area contributed by atoms with Crippen molar-refractivity contribution < 1.29 is 19.1 Å². The van der Waals surface area contributed by atoms with Gasteiger partial charge in [0.1, 0.15) is 5.75 Å². The van der Waals surface area contributed by atoms with E-state index in [1.807, 2.05) is 0 Å². The summed E-state index contributed by atoms with van der Waals surface area (Å²) in [6.07, 6.45) is 3.24. The first kappa shape index (κ1) is 17.7. The molecule has 1 aliphatic heterocycles. The van der Waals surface area contributed by atoms with Crippen LogP contribution in [0.3, 0.4) is 0 Å². The van der Waals surface area contributed by atoms with Crippen LogP contribution in [0.25, 0.3) is 0 Å². The Kier molecular flexibility index (Phi) is 5.58. The Hall–Kier alpha value is -2.08. The lowest BCUT2D eigenvalue weighted by atomic mass is 9.71. The SMILES string of the molecule is COCC1CC(=O)NC2CC(NC(=O)c3ccc(OC)cc3)CCC12. The molecule has 136 valence electrons. The van der Waals surface area contributed by atoms with Crippen molar-refractivity contribution in [3.63, 3.8) is 0 Å². The predicted octanol–water partition coefficient (Wildman–Crippen LogP) is 1.74. The van der Waals surface area contributed by atoms with E-state index in [4.69, 9.17) is 9.47 Å². The van der Waals surface area contributed by atoms with Crippen LogP contribution in [0.4, 0.5) is 0 Å². The third-order valence-electron chi connectivity index (χ3n) is 5.37. The Balaban J connectivity index is 1.59. The number of hydrogen-bond donors (Lipinski definition) is 2. The highest BCUT2D eigenvalue weighted by Gasteiger charge is 2.40. The van der Waals surface area contributed by atoms with Crippen molar-refractivity contribution in [3.05, 3.63) is 29.8 Å². The van der Waals surface area contributed by atoms with E-state index < -0.39 is 0 Å². The smallest absolute Gasteiger partial charge is 0.251 e. The maximum absolute atomic E-state index is 12.4. The topological polar surface area (TPSA) is 76.7 Å². The third kappa shape index (κ3) is 4.12. The number of rotatable bonds is 5. The molecule has 2 N–H and O–H groups in total. The summed E-state index contributed by atoms with van der Waals surface area (Å²) in [4.78, 5) is 24.4. The van der Waals surface area contributed by atoms with Gasteiger partial charge in [-0.25, -0.2) is 0 Å². The van der Waals surface area contributed by atoms with Crippen molar-refractivity contribution in [2.45, 2.75) is 37.8 Å². The van der Waals surface area contributed by atoms with E-state index in [9.17, 15) is 9.59 Å². The number of hydrogen-bond acceptors (Lipinski definition) is 4. The lowest BCUT2D eigenvalue weighted by Gasteiger charge is -2.43. The van der Waals surface area contributed by atoms with Gasteiger partial charge in [0.05, 0.1) is 7.11 Å². The number of amides is 2. The van der Waals surface area contributed by atoms with Crippen LogP contribution >= 0.6 is 0 Å². The quantitative estimate of drug-likeness (QED) is 0.851. The minimum absolute atomic E-state index is 0.0810. The lowest BCUT2D eigenvalue weighted by Crippen LogP contribution is -2.56. The van der Waals surface area contributed by atoms with Gasteiger partial charge < -0.3 is 20.1 Å². The molecule has 2 amide bonds. The molecule has 2 fully saturated rings. The number of methoxy groups -OCH3 is 2. The van der Waals surface area contributed by atoms with Crippen LogP contribution in [0.5, 0.6) is 5.75 Å². The van der Waals surface area contributed by atoms with Gasteiger partial charge in [-0.2, -0.15) is 0 Å². The molecular formula is C19H26N2O4. The van der Waals surface area contributed by atoms with Gasteiger partial charge >= 0.3 is 0 Å². The van der Waals surface area contributed by atoms with Gasteiger partial charge in [-0.3, -0.25) is 9.59 Å². The summed E-state index contributed by atoms with van der Waals surface area (Å²) in [5.74, 6) is 1.45. The molecule has 6 nitrogen and oxygen atoms in total. The molecule has 4 unspecified atom stereocenters. The van der Waals surface area contributed by atoms with Crippen molar-refractivity contribution in [2.75, 3.05) is 20.8 Å². The summed E-state index contributed by atoms with van der Waals surface area (Å²) in [7, 11) is 3.28. The van der Waals surface area contributed by atoms with Crippen LogP contribution in [0.15, 0.2) is 24.3 Å². The molecule has 2 aliphatic rings. The third-order valence-corrected chi connectivity index (χ3v) is 5.37. The Labute approximate surface area is 148 Å². The lowest BCUT2D eigenvalue weighted by molar-refractivity contribution is -0.128. The summed E-state index contributed by atoms with van der Waals surface area (Å²) in [5, 5.41) is 6.21. The van der Waals surface area contributed by atoms with Crippen LogP contribution in [0, 0.1) is 11.8 Å². The van der Waals surface area contributed by atoms with Crippen LogP contribution in [-0.2, 0) is 9.53 Å². The first-order valence-corrected chi connectivity index (χ1v) is 8.84. The average Bonchev–Trinajstić information content (AvgIpc) is 2.61. The zero-order valence-corrected chi connectivity index (χ0v) is 14.8. The van der Waals surface area contributed by atoms with E-state index >= 15 is 0 Å². The Morgan fingerprint density at radius 2 is 2.00 bits per heavy atom. The average molecular weight is 346 g/mol. The minimum atomic E-state index is -0.0818.